The van der Waals surface area contributed by atoms with Crippen LogP contribution in [0.15, 0.2) is 41.3 Å². The number of nitrogens with zero attached hydrogens (tertiary/aromatic N) is 4. The smallest absolute Gasteiger partial charge is 0.231 e. The van der Waals surface area contributed by atoms with Crippen molar-refractivity contribution in [2.24, 2.45) is 0 Å². The Kier molecular flexibility index (Phi) is 7.56. The number of likely N-dealkylation sites (tertiary alicyclic amines) is 1. The average Bonchev–Trinajstić information content (AvgIpc) is 3.26. The summed E-state index contributed by atoms with van der Waals surface area (Å²) in [5.74, 6) is 1.99. The zero-order valence-corrected chi connectivity index (χ0v) is 24.3. The van der Waals surface area contributed by atoms with Crippen molar-refractivity contribution < 1.29 is 13.2 Å². The summed E-state index contributed by atoms with van der Waals surface area (Å²) in [7, 11) is -1.33. The van der Waals surface area contributed by atoms with Gasteiger partial charge in [0.2, 0.25) is 5.95 Å². The number of benzene rings is 2. The molecule has 1 aliphatic rings. The van der Waals surface area contributed by atoms with E-state index in [1.54, 1.807) is 18.2 Å². The molecule has 5 rings (SSSR count). The van der Waals surface area contributed by atoms with Gasteiger partial charge in [-0.1, -0.05) is 12.1 Å². The minimum atomic E-state index is -3.50. The van der Waals surface area contributed by atoms with Crippen LogP contribution in [0.1, 0.15) is 43.7 Å². The van der Waals surface area contributed by atoms with Crippen LogP contribution in [0.3, 0.4) is 0 Å². The molecular formula is C28H36N8O3S. The van der Waals surface area contributed by atoms with Crippen LogP contribution in [0.2, 0.25) is 0 Å². The van der Waals surface area contributed by atoms with Crippen molar-refractivity contribution in [3.05, 3.63) is 47.5 Å². The lowest BCUT2D eigenvalue weighted by molar-refractivity contribution is 0.241. The van der Waals surface area contributed by atoms with E-state index in [0.29, 0.717) is 28.5 Å². The highest BCUT2D eigenvalue weighted by Crippen LogP contribution is 2.38. The van der Waals surface area contributed by atoms with Gasteiger partial charge >= 0.3 is 0 Å². The van der Waals surface area contributed by atoms with Crippen molar-refractivity contribution in [1.82, 2.24) is 25.1 Å². The Labute approximate surface area is 234 Å². The standard InChI is InChI=1S/C28H36N8O3S/c1-16(2)39-22-15-19(18-10-12-36(4)13-11-18)17(3)14-21(22)31-28-32-26(24-25(29)34-35-27(24)33-28)30-20-8-6-7-9-23(20)40(5,37)38/h6-9,14-16,18H,10-13H2,1-5H3,(H5,29,30,31,32,33,34,35). The molecule has 2 aromatic heterocycles. The third kappa shape index (κ3) is 5.82. The number of para-hydroxylation sites is 1. The average molecular weight is 565 g/mol. The number of nitrogens with two attached hydrogens (primary N) is 1. The normalized spacial score (nSPS) is 15.1. The van der Waals surface area contributed by atoms with Crippen LogP contribution in [0, 0.1) is 6.92 Å². The summed E-state index contributed by atoms with van der Waals surface area (Å²) in [5, 5.41) is 13.9. The third-order valence-electron chi connectivity index (χ3n) is 7.12. The first-order valence-electron chi connectivity index (χ1n) is 13.3. The van der Waals surface area contributed by atoms with E-state index < -0.39 is 9.84 Å². The number of aromatic amines is 1. The van der Waals surface area contributed by atoms with Gasteiger partial charge in [0, 0.05) is 6.26 Å². The molecule has 3 heterocycles. The summed E-state index contributed by atoms with van der Waals surface area (Å²) in [5.41, 5.74) is 10.1. The zero-order chi connectivity index (χ0) is 28.6. The first kappa shape index (κ1) is 27.7. The Morgan fingerprint density at radius 2 is 1.82 bits per heavy atom. The van der Waals surface area contributed by atoms with Crippen molar-refractivity contribution in [1.29, 1.82) is 0 Å². The quantitative estimate of drug-likeness (QED) is 0.236. The van der Waals surface area contributed by atoms with E-state index in [1.165, 1.54) is 17.2 Å². The second-order valence-corrected chi connectivity index (χ2v) is 12.7. The molecule has 1 saturated heterocycles. The van der Waals surface area contributed by atoms with E-state index in [0.717, 1.165) is 43.6 Å². The van der Waals surface area contributed by atoms with Gasteiger partial charge in [0.1, 0.15) is 17.0 Å². The molecule has 40 heavy (non-hydrogen) atoms. The molecule has 2 aromatic carbocycles. The molecule has 11 nitrogen and oxygen atoms in total. The maximum atomic E-state index is 12.4. The van der Waals surface area contributed by atoms with E-state index in [-0.39, 0.29) is 22.8 Å². The fourth-order valence-corrected chi connectivity index (χ4v) is 6.00. The zero-order valence-electron chi connectivity index (χ0n) is 23.4. The number of ether oxygens (including phenoxy) is 1. The van der Waals surface area contributed by atoms with Crippen LogP contribution in [0.5, 0.6) is 5.75 Å². The van der Waals surface area contributed by atoms with E-state index in [4.69, 9.17) is 10.5 Å². The summed E-state index contributed by atoms with van der Waals surface area (Å²) < 4.78 is 31.1. The van der Waals surface area contributed by atoms with Crippen LogP contribution in [-0.4, -0.2) is 66.0 Å². The van der Waals surface area contributed by atoms with Gasteiger partial charge in [0.05, 0.1) is 22.4 Å². The Hall–Kier alpha value is -3.90. The third-order valence-corrected chi connectivity index (χ3v) is 8.28. The van der Waals surface area contributed by atoms with Gasteiger partial charge in [0.25, 0.3) is 0 Å². The number of aryl methyl sites for hydroxylation is 1. The summed E-state index contributed by atoms with van der Waals surface area (Å²) in [4.78, 5) is 11.8. The minimum Gasteiger partial charge on any atom is -0.489 e. The van der Waals surface area contributed by atoms with Crippen LogP contribution in [-0.2, 0) is 9.84 Å². The topological polar surface area (TPSA) is 151 Å². The number of piperidine rings is 1. The van der Waals surface area contributed by atoms with Crippen LogP contribution >= 0.6 is 0 Å². The molecule has 0 atom stereocenters. The number of anilines is 5. The lowest BCUT2D eigenvalue weighted by Crippen LogP contribution is -2.29. The lowest BCUT2D eigenvalue weighted by atomic mass is 9.86. The van der Waals surface area contributed by atoms with Crippen LogP contribution in [0.4, 0.5) is 29.0 Å². The van der Waals surface area contributed by atoms with Gasteiger partial charge in [-0.25, -0.2) is 8.42 Å². The molecule has 0 unspecified atom stereocenters. The highest BCUT2D eigenvalue weighted by molar-refractivity contribution is 7.90. The molecule has 0 radical (unpaired) electrons. The fourth-order valence-electron chi connectivity index (χ4n) is 5.15. The number of fused-ring (bicyclic) bond motifs is 1. The molecule has 0 bridgehead atoms. The van der Waals surface area contributed by atoms with E-state index in [9.17, 15) is 8.42 Å². The molecule has 0 amide bonds. The Morgan fingerprint density at radius 3 is 2.52 bits per heavy atom. The SMILES string of the molecule is Cc1cc(Nc2nc(Nc3ccccc3S(C)(=O)=O)c3c(N)n[nH]c3n2)c(OC(C)C)cc1C1CCN(C)CC1. The summed E-state index contributed by atoms with van der Waals surface area (Å²) in [6.45, 7) is 8.26. The Balaban J connectivity index is 1.54. The van der Waals surface area contributed by atoms with Gasteiger partial charge in [-0.05, 0) is 95.1 Å². The van der Waals surface area contributed by atoms with Crippen LogP contribution < -0.4 is 21.1 Å². The number of nitrogens with one attached hydrogen (secondary N) is 3. The number of rotatable bonds is 8. The number of nitrogen functional groups attached to an aromatic ring is 1. The highest BCUT2D eigenvalue weighted by Gasteiger charge is 2.23. The maximum absolute atomic E-state index is 12.4. The summed E-state index contributed by atoms with van der Waals surface area (Å²) >= 11 is 0. The second-order valence-electron chi connectivity index (χ2n) is 10.7. The van der Waals surface area contributed by atoms with Crippen LogP contribution in [0.25, 0.3) is 11.0 Å². The number of hydrogen-bond donors (Lipinski definition) is 4. The van der Waals surface area contributed by atoms with E-state index in [2.05, 4.69) is 61.8 Å². The number of sulfone groups is 1. The van der Waals surface area contributed by atoms with Gasteiger partial charge in [-0.15, -0.1) is 0 Å². The highest BCUT2D eigenvalue weighted by atomic mass is 32.2. The second kappa shape index (κ2) is 10.9. The van der Waals surface area contributed by atoms with Gasteiger partial charge in [-0.2, -0.15) is 15.1 Å². The molecule has 212 valence electrons. The lowest BCUT2D eigenvalue weighted by Gasteiger charge is -2.30. The molecule has 4 aromatic rings. The number of hydrogen-bond acceptors (Lipinski definition) is 10. The van der Waals surface area contributed by atoms with E-state index >= 15 is 0 Å². The molecule has 1 aliphatic heterocycles. The summed E-state index contributed by atoms with van der Waals surface area (Å²) in [6, 6.07) is 10.8. The molecule has 1 fully saturated rings. The molecule has 0 saturated carbocycles. The molecular weight excluding hydrogens is 528 g/mol. The first-order valence-corrected chi connectivity index (χ1v) is 15.2. The van der Waals surface area contributed by atoms with Crippen molar-refractivity contribution >= 4 is 49.8 Å². The number of aromatic nitrogens is 4. The van der Waals surface area contributed by atoms with Crippen molar-refractivity contribution in [2.45, 2.75) is 50.5 Å². The van der Waals surface area contributed by atoms with Crippen molar-refractivity contribution in [3.63, 3.8) is 0 Å². The maximum Gasteiger partial charge on any atom is 0.231 e. The molecule has 0 spiro atoms. The molecule has 5 N–H and O–H groups in total. The van der Waals surface area contributed by atoms with Gasteiger partial charge < -0.3 is 26.0 Å². The van der Waals surface area contributed by atoms with Crippen molar-refractivity contribution in [3.8, 4) is 5.75 Å². The molecule has 12 heteroatoms. The van der Waals surface area contributed by atoms with E-state index in [1.807, 2.05) is 13.8 Å². The Morgan fingerprint density at radius 1 is 1.10 bits per heavy atom. The minimum absolute atomic E-state index is 0.0332. The largest absolute Gasteiger partial charge is 0.489 e. The van der Waals surface area contributed by atoms with Crippen molar-refractivity contribution in [2.75, 3.05) is 42.8 Å². The predicted molar refractivity (Wildman–Crippen MR) is 159 cm³/mol. The Bertz CT molecular complexity index is 1640. The fraction of sp³-hybridized carbons (Fsp3) is 0.393. The number of H-pyrrole nitrogens is 1. The predicted octanol–water partition coefficient (Wildman–Crippen LogP) is 4.73. The molecule has 0 aliphatic carbocycles. The van der Waals surface area contributed by atoms with Gasteiger partial charge in [0.15, 0.2) is 21.3 Å². The first-order chi connectivity index (χ1) is 19.0. The monoisotopic (exact) mass is 564 g/mol. The van der Waals surface area contributed by atoms with Gasteiger partial charge in [-0.3, -0.25) is 5.10 Å². The summed E-state index contributed by atoms with van der Waals surface area (Å²) in [6.07, 6.45) is 3.34.